The second-order valence-electron chi connectivity index (χ2n) is 6.40. The molecule has 144 valence electrons. The van der Waals surface area contributed by atoms with Gasteiger partial charge in [0.05, 0.1) is 10.9 Å². The third kappa shape index (κ3) is 3.06. The van der Waals surface area contributed by atoms with Crippen molar-refractivity contribution in [3.8, 4) is 5.75 Å². The number of anilines is 1. The van der Waals surface area contributed by atoms with Crippen LogP contribution in [0.2, 0.25) is 0 Å². The monoisotopic (exact) mass is 388 g/mol. The Labute approximate surface area is 156 Å². The van der Waals surface area contributed by atoms with Crippen LogP contribution in [0.4, 0.5) is 19.0 Å². The fraction of sp³-hybridized carbons (Fsp3) is 0.222. The van der Waals surface area contributed by atoms with E-state index in [1.165, 1.54) is 22.9 Å². The van der Waals surface area contributed by atoms with Crippen molar-refractivity contribution < 1.29 is 18.3 Å². The number of fused-ring (bicyclic) bond motifs is 3. The van der Waals surface area contributed by atoms with E-state index in [0.717, 1.165) is 12.1 Å². The maximum atomic E-state index is 13.0. The first kappa shape index (κ1) is 18.0. The summed E-state index contributed by atoms with van der Waals surface area (Å²) in [6.45, 7) is 3.43. The Balaban J connectivity index is 1.79. The number of benzene rings is 1. The minimum absolute atomic E-state index is 0.104. The molecule has 0 radical (unpaired) electrons. The third-order valence-corrected chi connectivity index (χ3v) is 4.39. The topological polar surface area (TPSA) is 88.2 Å². The van der Waals surface area contributed by atoms with Crippen LogP contribution in [0.25, 0.3) is 16.7 Å². The molecule has 0 amide bonds. The van der Waals surface area contributed by atoms with E-state index in [1.54, 1.807) is 19.9 Å². The van der Waals surface area contributed by atoms with Gasteiger partial charge in [-0.25, -0.2) is 9.97 Å². The number of aromatic nitrogens is 5. The summed E-state index contributed by atoms with van der Waals surface area (Å²) in [6.07, 6.45) is -3.00. The van der Waals surface area contributed by atoms with Crippen molar-refractivity contribution >= 4 is 22.5 Å². The molecular weight excluding hydrogens is 373 g/mol. The normalized spacial score (nSPS) is 13.2. The van der Waals surface area contributed by atoms with E-state index in [0.29, 0.717) is 28.2 Å². The minimum atomic E-state index is -4.42. The van der Waals surface area contributed by atoms with Crippen LogP contribution in [0.3, 0.4) is 0 Å². The highest BCUT2D eigenvalue weighted by molar-refractivity contribution is 5.90. The van der Waals surface area contributed by atoms with Crippen LogP contribution in [0.5, 0.6) is 5.75 Å². The fourth-order valence-electron chi connectivity index (χ4n) is 3.03. The van der Waals surface area contributed by atoms with Gasteiger partial charge in [0.1, 0.15) is 18.0 Å². The lowest BCUT2D eigenvalue weighted by molar-refractivity contribution is -0.137. The molecular formula is C18H15F3N6O. The van der Waals surface area contributed by atoms with E-state index in [-0.39, 0.29) is 11.4 Å². The fourth-order valence-corrected chi connectivity index (χ4v) is 3.03. The summed E-state index contributed by atoms with van der Waals surface area (Å²) in [5.74, 6) is 0.734. The van der Waals surface area contributed by atoms with Crippen molar-refractivity contribution in [3.05, 3.63) is 53.6 Å². The molecule has 0 saturated carbocycles. The molecule has 1 aromatic carbocycles. The average molecular weight is 388 g/mol. The zero-order valence-electron chi connectivity index (χ0n) is 14.9. The van der Waals surface area contributed by atoms with Crippen LogP contribution >= 0.6 is 0 Å². The smallest absolute Gasteiger partial charge is 0.416 e. The van der Waals surface area contributed by atoms with Crippen molar-refractivity contribution in [1.29, 1.82) is 0 Å². The second-order valence-corrected chi connectivity index (χ2v) is 6.40. The predicted octanol–water partition coefficient (Wildman–Crippen LogP) is 3.88. The maximum absolute atomic E-state index is 13.0. The molecule has 0 aliphatic rings. The Morgan fingerprint density at radius 1 is 1.14 bits per heavy atom. The number of aryl methyl sites for hydroxylation is 1. The Kier molecular flexibility index (Phi) is 4.06. The zero-order chi connectivity index (χ0) is 20.1. The third-order valence-electron chi connectivity index (χ3n) is 4.39. The summed E-state index contributed by atoms with van der Waals surface area (Å²) in [7, 11) is 0. The number of nitrogens with zero attached hydrogens (tertiary/aromatic N) is 5. The first-order valence-corrected chi connectivity index (χ1v) is 8.38. The van der Waals surface area contributed by atoms with Crippen molar-refractivity contribution in [3.63, 3.8) is 0 Å². The van der Waals surface area contributed by atoms with E-state index in [4.69, 9.17) is 0 Å². The lowest BCUT2D eigenvalue weighted by Gasteiger charge is -2.18. The van der Waals surface area contributed by atoms with Crippen molar-refractivity contribution in [1.82, 2.24) is 24.6 Å². The Bertz CT molecular complexity index is 1190. The number of pyridine rings is 1. The molecule has 28 heavy (non-hydrogen) atoms. The van der Waals surface area contributed by atoms with Crippen LogP contribution in [0.1, 0.15) is 29.9 Å². The van der Waals surface area contributed by atoms with Crippen LogP contribution in [0.15, 0.2) is 36.7 Å². The van der Waals surface area contributed by atoms with E-state index < -0.39 is 17.8 Å². The number of alkyl halides is 3. The average Bonchev–Trinajstić information content (AvgIpc) is 3.13. The van der Waals surface area contributed by atoms with Gasteiger partial charge in [-0.05, 0) is 37.6 Å². The summed E-state index contributed by atoms with van der Waals surface area (Å²) in [6, 6.07) is 6.09. The molecule has 3 heterocycles. The molecule has 0 unspecified atom stereocenters. The van der Waals surface area contributed by atoms with Gasteiger partial charge in [-0.15, -0.1) is 10.2 Å². The molecule has 4 aromatic rings. The molecule has 2 N–H and O–H groups in total. The molecule has 10 heteroatoms. The number of nitrogens with one attached hydrogen (secondary N) is 1. The summed E-state index contributed by atoms with van der Waals surface area (Å²) >= 11 is 0. The van der Waals surface area contributed by atoms with E-state index in [9.17, 15) is 18.3 Å². The lowest BCUT2D eigenvalue weighted by atomic mass is 10.0. The van der Waals surface area contributed by atoms with Crippen LogP contribution in [-0.2, 0) is 6.18 Å². The van der Waals surface area contributed by atoms with Gasteiger partial charge in [0.15, 0.2) is 11.4 Å². The maximum Gasteiger partial charge on any atom is 0.416 e. The van der Waals surface area contributed by atoms with Gasteiger partial charge in [-0.2, -0.15) is 13.2 Å². The van der Waals surface area contributed by atoms with Gasteiger partial charge < -0.3 is 10.4 Å². The molecule has 0 saturated heterocycles. The van der Waals surface area contributed by atoms with Crippen molar-refractivity contribution in [2.24, 2.45) is 0 Å². The number of aromatic hydroxyl groups is 1. The molecule has 7 nitrogen and oxygen atoms in total. The van der Waals surface area contributed by atoms with E-state index >= 15 is 0 Å². The number of rotatable bonds is 3. The van der Waals surface area contributed by atoms with Crippen LogP contribution in [-0.4, -0.2) is 29.7 Å². The van der Waals surface area contributed by atoms with Gasteiger partial charge >= 0.3 is 6.18 Å². The van der Waals surface area contributed by atoms with Crippen LogP contribution < -0.4 is 5.32 Å². The number of halogens is 3. The largest absolute Gasteiger partial charge is 0.504 e. The van der Waals surface area contributed by atoms with E-state index in [1.807, 2.05) is 0 Å². The van der Waals surface area contributed by atoms with Gasteiger partial charge in [0, 0.05) is 6.04 Å². The molecule has 0 aliphatic carbocycles. The standard InChI is InChI=1S/C18H15F3N6O/c1-9(11-4-3-5-12(6-11)18(19,20)21)23-15-13-7-14(28)17-26-22-8-27(17)16(13)25-10(2)24-15/h3-9,28H,1-2H3,(H,23,24,25)/t9-/m1/s1. The van der Waals surface area contributed by atoms with Gasteiger partial charge in [0.25, 0.3) is 0 Å². The number of hydrogen-bond acceptors (Lipinski definition) is 6. The Hall–Kier alpha value is -3.43. The molecule has 0 bridgehead atoms. The lowest BCUT2D eigenvalue weighted by Crippen LogP contribution is -2.12. The van der Waals surface area contributed by atoms with E-state index in [2.05, 4.69) is 25.5 Å². The summed E-state index contributed by atoms with van der Waals surface area (Å²) in [5.41, 5.74) is 0.464. The zero-order valence-corrected chi connectivity index (χ0v) is 14.9. The summed E-state index contributed by atoms with van der Waals surface area (Å²) < 4.78 is 40.5. The summed E-state index contributed by atoms with van der Waals surface area (Å²) in [4.78, 5) is 8.74. The Morgan fingerprint density at radius 3 is 2.68 bits per heavy atom. The molecule has 3 aromatic heterocycles. The molecule has 4 rings (SSSR count). The number of hydrogen-bond donors (Lipinski definition) is 2. The van der Waals surface area contributed by atoms with Crippen molar-refractivity contribution in [2.45, 2.75) is 26.1 Å². The second kappa shape index (κ2) is 6.32. The first-order chi connectivity index (χ1) is 13.2. The van der Waals surface area contributed by atoms with Gasteiger partial charge in [0.2, 0.25) is 5.65 Å². The quantitative estimate of drug-likeness (QED) is 0.554. The molecule has 0 aliphatic heterocycles. The summed E-state index contributed by atoms with van der Waals surface area (Å²) in [5, 5.41) is 21.4. The van der Waals surface area contributed by atoms with Crippen molar-refractivity contribution in [2.75, 3.05) is 5.32 Å². The highest BCUT2D eigenvalue weighted by Crippen LogP contribution is 2.33. The molecule has 0 spiro atoms. The predicted molar refractivity (Wildman–Crippen MR) is 96.0 cm³/mol. The first-order valence-electron chi connectivity index (χ1n) is 8.38. The minimum Gasteiger partial charge on any atom is -0.504 e. The van der Waals surface area contributed by atoms with Gasteiger partial charge in [-0.3, -0.25) is 4.40 Å². The highest BCUT2D eigenvalue weighted by Gasteiger charge is 2.30. The molecule has 1 atom stereocenters. The SMILES string of the molecule is Cc1nc(N[C@H](C)c2cccc(C(F)(F)F)c2)c2cc(O)c3nncn3c2n1. The van der Waals surface area contributed by atoms with Crippen LogP contribution in [0, 0.1) is 6.92 Å². The molecule has 0 fully saturated rings. The highest BCUT2D eigenvalue weighted by atomic mass is 19.4. The Morgan fingerprint density at radius 2 is 1.93 bits per heavy atom. The van der Waals surface area contributed by atoms with Gasteiger partial charge in [-0.1, -0.05) is 12.1 Å².